The van der Waals surface area contributed by atoms with Gasteiger partial charge in [-0.3, -0.25) is 4.79 Å². The van der Waals surface area contributed by atoms with E-state index in [2.05, 4.69) is 26.6 Å². The second-order valence-corrected chi connectivity index (χ2v) is 6.96. The summed E-state index contributed by atoms with van der Waals surface area (Å²) in [6.45, 7) is 0.496. The Balaban J connectivity index is 1.76. The Morgan fingerprint density at radius 3 is 2.67 bits per heavy atom. The van der Waals surface area contributed by atoms with E-state index < -0.39 is 5.56 Å². The third kappa shape index (κ3) is 3.44. The lowest BCUT2D eigenvalue weighted by Gasteiger charge is -2.20. The van der Waals surface area contributed by atoms with E-state index in [0.717, 1.165) is 22.0 Å². The number of hydrogen-bond donors (Lipinski definition) is 3. The largest absolute Gasteiger partial charge is 0.381 e. The highest BCUT2D eigenvalue weighted by atomic mass is 35.5. The Labute approximate surface area is 165 Å². The topological polar surface area (TPSA) is 73.6 Å². The standard InChI is InChI=1S/C20H16Cl2N4O/c21-16-7-3-1-5-12(16)14(9-24-18-11-25-26-20(27)19(18)22)15-10-23-17-8-4-2-6-13(15)17/h1-8,10-11,14,23H,9H2,(H2,24,26,27)/t14-/m1/s1. The number of para-hydroxylation sites is 1. The van der Waals surface area contributed by atoms with Crippen molar-refractivity contribution in [3.63, 3.8) is 0 Å². The van der Waals surface area contributed by atoms with Gasteiger partial charge in [-0.2, -0.15) is 5.10 Å². The first-order valence-electron chi connectivity index (χ1n) is 8.42. The van der Waals surface area contributed by atoms with Crippen LogP contribution in [0.3, 0.4) is 0 Å². The molecule has 27 heavy (non-hydrogen) atoms. The first kappa shape index (κ1) is 17.6. The third-order valence-corrected chi connectivity index (χ3v) is 5.29. The summed E-state index contributed by atoms with van der Waals surface area (Å²) in [6, 6.07) is 15.9. The molecule has 5 nitrogen and oxygen atoms in total. The maximum atomic E-state index is 11.7. The van der Waals surface area contributed by atoms with Gasteiger partial charge in [-0.25, -0.2) is 5.10 Å². The molecule has 3 N–H and O–H groups in total. The van der Waals surface area contributed by atoms with Crippen LogP contribution in [0.1, 0.15) is 17.0 Å². The summed E-state index contributed by atoms with van der Waals surface area (Å²) in [5.74, 6) is -0.0507. The summed E-state index contributed by atoms with van der Waals surface area (Å²) in [7, 11) is 0. The minimum atomic E-state index is -0.428. The fraction of sp³-hybridized carbons (Fsp3) is 0.100. The molecule has 0 radical (unpaired) electrons. The zero-order chi connectivity index (χ0) is 18.8. The molecule has 0 aliphatic rings. The highest BCUT2D eigenvalue weighted by Gasteiger charge is 2.21. The van der Waals surface area contributed by atoms with E-state index in [1.807, 2.05) is 48.7 Å². The molecule has 4 rings (SSSR count). The predicted molar refractivity (Wildman–Crippen MR) is 110 cm³/mol. The lowest BCUT2D eigenvalue weighted by Crippen LogP contribution is -2.17. The summed E-state index contributed by atoms with van der Waals surface area (Å²) >= 11 is 12.6. The van der Waals surface area contributed by atoms with Gasteiger partial charge in [0.25, 0.3) is 5.56 Å². The summed E-state index contributed by atoms with van der Waals surface area (Å²) in [5.41, 5.74) is 3.21. The molecule has 1 atom stereocenters. The van der Waals surface area contributed by atoms with Crippen molar-refractivity contribution in [3.8, 4) is 0 Å². The van der Waals surface area contributed by atoms with Crippen molar-refractivity contribution in [1.29, 1.82) is 0 Å². The Morgan fingerprint density at radius 1 is 1.04 bits per heavy atom. The number of aromatic amines is 2. The SMILES string of the molecule is O=c1[nH]ncc(NC[C@H](c2ccccc2Cl)c2c[nH]c3ccccc23)c1Cl. The van der Waals surface area contributed by atoms with Gasteiger partial charge in [-0.15, -0.1) is 0 Å². The van der Waals surface area contributed by atoms with E-state index in [1.165, 1.54) is 6.20 Å². The van der Waals surface area contributed by atoms with Gasteiger partial charge in [0.05, 0.1) is 11.9 Å². The third-order valence-electron chi connectivity index (χ3n) is 4.57. The average molecular weight is 399 g/mol. The number of rotatable bonds is 5. The average Bonchev–Trinajstić information content (AvgIpc) is 3.10. The van der Waals surface area contributed by atoms with Crippen LogP contribution in [0.2, 0.25) is 10.0 Å². The fourth-order valence-electron chi connectivity index (χ4n) is 3.25. The minimum absolute atomic E-state index is 0.0507. The first-order valence-corrected chi connectivity index (χ1v) is 9.18. The summed E-state index contributed by atoms with van der Waals surface area (Å²) in [4.78, 5) is 15.0. The molecule has 0 bridgehead atoms. The van der Waals surface area contributed by atoms with Crippen molar-refractivity contribution in [3.05, 3.63) is 92.5 Å². The molecule has 0 aliphatic heterocycles. The number of halogens is 2. The number of nitrogens with one attached hydrogen (secondary N) is 3. The van der Waals surface area contributed by atoms with Gasteiger partial charge in [-0.05, 0) is 23.3 Å². The maximum absolute atomic E-state index is 11.7. The Hall–Kier alpha value is -2.76. The van der Waals surface area contributed by atoms with Crippen molar-refractivity contribution >= 4 is 39.8 Å². The fourth-order valence-corrected chi connectivity index (χ4v) is 3.67. The van der Waals surface area contributed by atoms with Crippen LogP contribution in [0.4, 0.5) is 5.69 Å². The molecule has 7 heteroatoms. The highest BCUT2D eigenvalue weighted by molar-refractivity contribution is 6.33. The molecular weight excluding hydrogens is 383 g/mol. The van der Waals surface area contributed by atoms with Gasteiger partial charge in [0.15, 0.2) is 0 Å². The van der Waals surface area contributed by atoms with E-state index in [9.17, 15) is 4.79 Å². The lowest BCUT2D eigenvalue weighted by atomic mass is 9.90. The van der Waals surface area contributed by atoms with Crippen LogP contribution in [-0.2, 0) is 0 Å². The molecule has 2 heterocycles. The molecule has 2 aromatic carbocycles. The quantitative estimate of drug-likeness (QED) is 0.451. The maximum Gasteiger partial charge on any atom is 0.285 e. The zero-order valence-corrected chi connectivity index (χ0v) is 15.7. The number of nitrogens with zero attached hydrogens (tertiary/aromatic N) is 1. The molecule has 0 saturated carbocycles. The predicted octanol–water partition coefficient (Wildman–Crippen LogP) is 4.80. The number of fused-ring (bicyclic) bond motifs is 1. The van der Waals surface area contributed by atoms with Crippen LogP contribution < -0.4 is 10.9 Å². The van der Waals surface area contributed by atoms with Crippen molar-refractivity contribution in [2.45, 2.75) is 5.92 Å². The van der Waals surface area contributed by atoms with Gasteiger partial charge < -0.3 is 10.3 Å². The molecular formula is C20H16Cl2N4O. The lowest BCUT2D eigenvalue weighted by molar-refractivity contribution is 0.856. The zero-order valence-electron chi connectivity index (χ0n) is 14.2. The van der Waals surface area contributed by atoms with Gasteiger partial charge in [0, 0.05) is 34.6 Å². The van der Waals surface area contributed by atoms with Crippen molar-refractivity contribution in [2.75, 3.05) is 11.9 Å². The van der Waals surface area contributed by atoms with E-state index >= 15 is 0 Å². The second-order valence-electron chi connectivity index (χ2n) is 6.17. The monoisotopic (exact) mass is 398 g/mol. The van der Waals surface area contributed by atoms with E-state index in [4.69, 9.17) is 23.2 Å². The van der Waals surface area contributed by atoms with Gasteiger partial charge in [-0.1, -0.05) is 59.6 Å². The first-order chi connectivity index (χ1) is 13.1. The summed E-state index contributed by atoms with van der Waals surface area (Å²) in [5, 5.41) is 11.3. The second kappa shape index (κ2) is 7.47. The van der Waals surface area contributed by atoms with E-state index in [-0.39, 0.29) is 10.9 Å². The smallest absolute Gasteiger partial charge is 0.285 e. The molecule has 0 aliphatic carbocycles. The Morgan fingerprint density at radius 2 is 1.81 bits per heavy atom. The van der Waals surface area contributed by atoms with Gasteiger partial charge in [0.1, 0.15) is 5.02 Å². The highest BCUT2D eigenvalue weighted by Crippen LogP contribution is 2.34. The van der Waals surface area contributed by atoms with Crippen LogP contribution >= 0.6 is 23.2 Å². The van der Waals surface area contributed by atoms with E-state index in [0.29, 0.717) is 17.3 Å². The molecule has 0 amide bonds. The molecule has 0 saturated heterocycles. The molecule has 0 unspecified atom stereocenters. The van der Waals surface area contributed by atoms with Crippen LogP contribution in [0.15, 0.2) is 65.7 Å². The molecule has 136 valence electrons. The van der Waals surface area contributed by atoms with Crippen LogP contribution in [0.25, 0.3) is 10.9 Å². The number of H-pyrrole nitrogens is 2. The molecule has 0 spiro atoms. The Kier molecular flexibility index (Phi) is 4.88. The van der Waals surface area contributed by atoms with Crippen LogP contribution in [-0.4, -0.2) is 21.7 Å². The number of anilines is 1. The number of aromatic nitrogens is 3. The molecule has 0 fully saturated rings. The van der Waals surface area contributed by atoms with Crippen molar-refractivity contribution in [2.24, 2.45) is 0 Å². The molecule has 4 aromatic rings. The normalized spacial score (nSPS) is 12.2. The number of benzene rings is 2. The van der Waals surface area contributed by atoms with E-state index in [1.54, 1.807) is 0 Å². The van der Waals surface area contributed by atoms with Crippen molar-refractivity contribution < 1.29 is 0 Å². The van der Waals surface area contributed by atoms with Crippen LogP contribution in [0.5, 0.6) is 0 Å². The minimum Gasteiger partial charge on any atom is -0.381 e. The Bertz CT molecular complexity index is 1150. The number of hydrogen-bond acceptors (Lipinski definition) is 3. The van der Waals surface area contributed by atoms with Gasteiger partial charge >= 0.3 is 0 Å². The van der Waals surface area contributed by atoms with Crippen LogP contribution in [0, 0.1) is 0 Å². The van der Waals surface area contributed by atoms with Crippen molar-refractivity contribution in [1.82, 2.24) is 15.2 Å². The van der Waals surface area contributed by atoms with Gasteiger partial charge in [0.2, 0.25) is 0 Å². The molecule has 2 aromatic heterocycles. The summed E-state index contributed by atoms with van der Waals surface area (Å²) in [6.07, 6.45) is 3.50. The summed E-state index contributed by atoms with van der Waals surface area (Å²) < 4.78 is 0.